The fourth-order valence-corrected chi connectivity index (χ4v) is 4.35. The molecule has 0 aliphatic carbocycles. The van der Waals surface area contributed by atoms with E-state index in [-0.39, 0.29) is 0 Å². The van der Waals surface area contributed by atoms with Crippen molar-refractivity contribution in [3.8, 4) is 0 Å². The average molecular weight is 331 g/mol. The lowest BCUT2D eigenvalue weighted by Gasteiger charge is -2.38. The van der Waals surface area contributed by atoms with Crippen molar-refractivity contribution in [2.45, 2.75) is 30.7 Å². The van der Waals surface area contributed by atoms with Crippen molar-refractivity contribution < 1.29 is 8.42 Å². The van der Waals surface area contributed by atoms with Crippen LogP contribution in [-0.2, 0) is 16.4 Å². The van der Waals surface area contributed by atoms with Crippen LogP contribution in [-0.4, -0.2) is 56.2 Å². The van der Waals surface area contributed by atoms with E-state index in [1.807, 2.05) is 12.1 Å². The summed E-state index contributed by atoms with van der Waals surface area (Å²) in [5.41, 5.74) is 1.06. The summed E-state index contributed by atoms with van der Waals surface area (Å²) in [5.74, 6) is 0.544. The molecule has 1 unspecified atom stereocenters. The van der Waals surface area contributed by atoms with Crippen LogP contribution >= 0.6 is 11.6 Å². The third-order valence-corrected chi connectivity index (χ3v) is 6.22. The molecular weight excluding hydrogens is 308 g/mol. The minimum Gasteiger partial charge on any atom is -0.301 e. The van der Waals surface area contributed by atoms with Gasteiger partial charge in [-0.15, -0.1) is 11.6 Å². The van der Waals surface area contributed by atoms with Crippen molar-refractivity contribution in [2.75, 3.05) is 32.6 Å². The van der Waals surface area contributed by atoms with E-state index < -0.39 is 10.0 Å². The van der Waals surface area contributed by atoms with E-state index in [9.17, 15) is 8.42 Å². The molecule has 1 aromatic carbocycles. The second-order valence-corrected chi connectivity index (χ2v) is 7.80. The zero-order valence-electron chi connectivity index (χ0n) is 12.6. The molecule has 0 spiro atoms. The van der Waals surface area contributed by atoms with Gasteiger partial charge < -0.3 is 4.90 Å². The summed E-state index contributed by atoms with van der Waals surface area (Å²) in [7, 11) is -1.33. The lowest BCUT2D eigenvalue weighted by Crippen LogP contribution is -2.52. The normalized spacial score (nSPS) is 21.6. The second-order valence-electron chi connectivity index (χ2n) is 5.49. The van der Waals surface area contributed by atoms with Gasteiger partial charge in [0.25, 0.3) is 0 Å². The molecule has 4 nitrogen and oxygen atoms in total. The van der Waals surface area contributed by atoms with Gasteiger partial charge in [0, 0.05) is 31.6 Å². The Balaban J connectivity index is 2.17. The number of aryl methyl sites for hydroxylation is 1. The Morgan fingerprint density at radius 2 is 1.90 bits per heavy atom. The van der Waals surface area contributed by atoms with Gasteiger partial charge in [-0.05, 0) is 37.6 Å². The standard InChI is InChI=1S/C15H23ClN2O2S/c1-3-14-12-18(11-10-17(14)2)21(19,20)15-6-4-13(5-7-15)8-9-16/h4-7,14H,3,8-12H2,1-2H3. The first kappa shape index (κ1) is 16.7. The summed E-state index contributed by atoms with van der Waals surface area (Å²) in [5, 5.41) is 0. The lowest BCUT2D eigenvalue weighted by atomic mass is 10.1. The molecule has 0 aromatic heterocycles. The second kappa shape index (κ2) is 7.09. The highest BCUT2D eigenvalue weighted by atomic mass is 35.5. The third-order valence-electron chi connectivity index (χ3n) is 4.16. The molecule has 1 atom stereocenters. The zero-order chi connectivity index (χ0) is 15.5. The Hall–Kier alpha value is -0.620. The summed E-state index contributed by atoms with van der Waals surface area (Å²) < 4.78 is 27.0. The van der Waals surface area contributed by atoms with Crippen LogP contribution in [0.15, 0.2) is 29.2 Å². The summed E-state index contributed by atoms with van der Waals surface area (Å²) >= 11 is 5.70. The van der Waals surface area contributed by atoms with Crippen LogP contribution < -0.4 is 0 Å². The molecule has 1 aliphatic heterocycles. The van der Waals surface area contributed by atoms with E-state index in [0.29, 0.717) is 29.9 Å². The van der Waals surface area contributed by atoms with E-state index in [1.54, 1.807) is 16.4 Å². The summed E-state index contributed by atoms with van der Waals surface area (Å²) in [6, 6.07) is 7.38. The van der Waals surface area contributed by atoms with Gasteiger partial charge in [-0.3, -0.25) is 0 Å². The van der Waals surface area contributed by atoms with Gasteiger partial charge in [0.15, 0.2) is 0 Å². The SMILES string of the molecule is CCC1CN(S(=O)(=O)c2ccc(CCCl)cc2)CCN1C. The van der Waals surface area contributed by atoms with Gasteiger partial charge in [-0.25, -0.2) is 8.42 Å². The maximum atomic E-state index is 12.7. The van der Waals surface area contributed by atoms with Gasteiger partial charge in [0.1, 0.15) is 0 Å². The molecule has 0 radical (unpaired) electrons. The molecule has 1 aromatic rings. The van der Waals surface area contributed by atoms with Crippen LogP contribution in [0.5, 0.6) is 0 Å². The topological polar surface area (TPSA) is 40.6 Å². The fraction of sp³-hybridized carbons (Fsp3) is 0.600. The molecule has 0 saturated carbocycles. The van der Waals surface area contributed by atoms with Crippen LogP contribution in [0, 0.1) is 0 Å². The van der Waals surface area contributed by atoms with Crippen LogP contribution in [0.4, 0.5) is 0 Å². The lowest BCUT2D eigenvalue weighted by molar-refractivity contribution is 0.144. The number of likely N-dealkylation sites (N-methyl/N-ethyl adjacent to an activating group) is 1. The number of piperazine rings is 1. The van der Waals surface area contributed by atoms with Crippen molar-refractivity contribution in [3.63, 3.8) is 0 Å². The largest absolute Gasteiger partial charge is 0.301 e. The van der Waals surface area contributed by atoms with Gasteiger partial charge in [-0.1, -0.05) is 19.1 Å². The molecule has 0 N–H and O–H groups in total. The van der Waals surface area contributed by atoms with Crippen molar-refractivity contribution in [1.82, 2.24) is 9.21 Å². The van der Waals surface area contributed by atoms with E-state index in [0.717, 1.165) is 24.9 Å². The number of nitrogens with zero attached hydrogens (tertiary/aromatic N) is 2. The van der Waals surface area contributed by atoms with Crippen molar-refractivity contribution in [1.29, 1.82) is 0 Å². The van der Waals surface area contributed by atoms with Gasteiger partial charge >= 0.3 is 0 Å². The average Bonchev–Trinajstić information content (AvgIpc) is 2.48. The number of rotatable bonds is 5. The summed E-state index contributed by atoms with van der Waals surface area (Å²) in [4.78, 5) is 2.61. The first-order valence-corrected chi connectivity index (χ1v) is 9.31. The molecule has 118 valence electrons. The molecule has 6 heteroatoms. The highest BCUT2D eigenvalue weighted by Crippen LogP contribution is 2.21. The van der Waals surface area contributed by atoms with Crippen LogP contribution in [0.25, 0.3) is 0 Å². The molecular formula is C15H23ClN2O2S. The number of hydrogen-bond acceptors (Lipinski definition) is 3. The van der Waals surface area contributed by atoms with E-state index >= 15 is 0 Å². The molecule has 21 heavy (non-hydrogen) atoms. The number of sulfonamides is 1. The van der Waals surface area contributed by atoms with Crippen LogP contribution in [0.1, 0.15) is 18.9 Å². The fourth-order valence-electron chi connectivity index (χ4n) is 2.66. The highest BCUT2D eigenvalue weighted by molar-refractivity contribution is 7.89. The minimum absolute atomic E-state index is 0.295. The van der Waals surface area contributed by atoms with Crippen LogP contribution in [0.3, 0.4) is 0 Å². The molecule has 2 rings (SSSR count). The smallest absolute Gasteiger partial charge is 0.243 e. The quantitative estimate of drug-likeness (QED) is 0.777. The number of benzene rings is 1. The highest BCUT2D eigenvalue weighted by Gasteiger charge is 2.31. The molecule has 1 aliphatic rings. The first-order chi connectivity index (χ1) is 9.98. The van der Waals surface area contributed by atoms with Gasteiger partial charge in [0.2, 0.25) is 10.0 Å². The van der Waals surface area contributed by atoms with Gasteiger partial charge in [-0.2, -0.15) is 4.31 Å². The Morgan fingerprint density at radius 3 is 2.48 bits per heavy atom. The number of alkyl halides is 1. The van der Waals surface area contributed by atoms with Gasteiger partial charge in [0.05, 0.1) is 4.90 Å². The first-order valence-electron chi connectivity index (χ1n) is 7.34. The maximum Gasteiger partial charge on any atom is 0.243 e. The minimum atomic E-state index is -3.39. The van der Waals surface area contributed by atoms with Crippen molar-refractivity contribution >= 4 is 21.6 Å². The summed E-state index contributed by atoms with van der Waals surface area (Å²) in [6.07, 6.45) is 1.71. The Labute approximate surface area is 132 Å². The Morgan fingerprint density at radius 1 is 1.24 bits per heavy atom. The van der Waals surface area contributed by atoms with E-state index in [1.165, 1.54) is 0 Å². The monoisotopic (exact) mass is 330 g/mol. The van der Waals surface area contributed by atoms with E-state index in [2.05, 4.69) is 18.9 Å². The van der Waals surface area contributed by atoms with Crippen molar-refractivity contribution in [2.24, 2.45) is 0 Å². The summed E-state index contributed by atoms with van der Waals surface area (Å²) in [6.45, 7) is 4.00. The molecule has 1 heterocycles. The molecule has 0 bridgehead atoms. The number of halogens is 1. The Kier molecular flexibility index (Phi) is 5.66. The molecule has 1 saturated heterocycles. The van der Waals surface area contributed by atoms with E-state index in [4.69, 9.17) is 11.6 Å². The van der Waals surface area contributed by atoms with Crippen LogP contribution in [0.2, 0.25) is 0 Å². The zero-order valence-corrected chi connectivity index (χ0v) is 14.2. The predicted octanol–water partition coefficient (Wildman–Crippen LogP) is 2.18. The third kappa shape index (κ3) is 3.77. The molecule has 1 fully saturated rings. The maximum absolute atomic E-state index is 12.7. The Bertz CT molecular complexity index is 560. The predicted molar refractivity (Wildman–Crippen MR) is 86.3 cm³/mol. The molecule has 0 amide bonds. The number of hydrogen-bond donors (Lipinski definition) is 0. The van der Waals surface area contributed by atoms with Crippen molar-refractivity contribution in [3.05, 3.63) is 29.8 Å².